The van der Waals surface area contributed by atoms with Crippen molar-refractivity contribution in [1.82, 2.24) is 9.88 Å². The maximum atomic E-state index is 13.2. The Hall–Kier alpha value is -4.31. The first-order chi connectivity index (χ1) is 15.4. The van der Waals surface area contributed by atoms with Crippen LogP contribution in [0.3, 0.4) is 0 Å². The summed E-state index contributed by atoms with van der Waals surface area (Å²) in [5.74, 6) is -0.661. The van der Waals surface area contributed by atoms with E-state index in [1.54, 1.807) is 59.3 Å². The molecular formula is C22H16N4O5S. The van der Waals surface area contributed by atoms with E-state index in [1.165, 1.54) is 30.2 Å². The number of nitro groups is 1. The zero-order chi connectivity index (χ0) is 22.8. The molecular weight excluding hydrogens is 432 g/mol. The number of aromatic nitrogens is 1. The van der Waals surface area contributed by atoms with Gasteiger partial charge in [0.2, 0.25) is 0 Å². The van der Waals surface area contributed by atoms with Crippen molar-refractivity contribution in [3.63, 3.8) is 0 Å². The summed E-state index contributed by atoms with van der Waals surface area (Å²) in [7, 11) is 1.51. The Balaban J connectivity index is 1.72. The number of thiocarbonyl (C=S) groups is 1. The highest BCUT2D eigenvalue weighted by Gasteiger charge is 2.34. The number of hydrogen-bond donors (Lipinski definition) is 1. The Morgan fingerprint density at radius 3 is 2.50 bits per heavy atom. The zero-order valence-corrected chi connectivity index (χ0v) is 17.5. The molecule has 0 unspecified atom stereocenters. The minimum absolute atomic E-state index is 0.0313. The van der Waals surface area contributed by atoms with Crippen LogP contribution >= 0.6 is 12.2 Å². The lowest BCUT2D eigenvalue weighted by molar-refractivity contribution is -0.384. The average molecular weight is 448 g/mol. The number of carbonyl (C=O) groups excluding carboxylic acids is 2. The van der Waals surface area contributed by atoms with Crippen LogP contribution in [0.25, 0.3) is 11.8 Å². The lowest BCUT2D eigenvalue weighted by atomic mass is 10.1. The molecule has 160 valence electrons. The molecule has 2 aromatic carbocycles. The Bertz CT molecular complexity index is 1280. The maximum Gasteiger partial charge on any atom is 0.270 e. The predicted octanol–water partition coefficient (Wildman–Crippen LogP) is 3.23. The molecule has 0 radical (unpaired) electrons. The van der Waals surface area contributed by atoms with Gasteiger partial charge in [0, 0.05) is 35.8 Å². The minimum Gasteiger partial charge on any atom is -0.497 e. The summed E-state index contributed by atoms with van der Waals surface area (Å²) < 4.78 is 6.92. The summed E-state index contributed by atoms with van der Waals surface area (Å²) in [4.78, 5) is 37.5. The standard InChI is InChI=1S/C22H16N4O5S/c1-31-18-6-2-4-17(12-18)25-21(28)19(20(27)23-22(25)32)13-16-5-3-11-24(16)14-7-9-15(10-8-14)26(29)30/h2-13H,1H3,(H,23,27,32)/b19-13+. The summed E-state index contributed by atoms with van der Waals surface area (Å²) in [6.07, 6.45) is 3.18. The molecule has 3 aromatic rings. The fourth-order valence-corrected chi connectivity index (χ4v) is 3.55. The number of hydrogen-bond acceptors (Lipinski definition) is 6. The molecule has 4 rings (SSSR count). The number of nitro benzene ring substituents is 1. The second-order valence-electron chi connectivity index (χ2n) is 6.74. The van der Waals surface area contributed by atoms with Crippen molar-refractivity contribution in [3.05, 3.63) is 88.2 Å². The maximum absolute atomic E-state index is 13.2. The van der Waals surface area contributed by atoms with Gasteiger partial charge in [0.1, 0.15) is 11.3 Å². The predicted molar refractivity (Wildman–Crippen MR) is 122 cm³/mol. The molecule has 0 atom stereocenters. The van der Waals surface area contributed by atoms with E-state index in [0.717, 1.165) is 0 Å². The van der Waals surface area contributed by atoms with Crippen LogP contribution in [0.5, 0.6) is 5.75 Å². The van der Waals surface area contributed by atoms with Crippen molar-refractivity contribution in [3.8, 4) is 11.4 Å². The van der Waals surface area contributed by atoms with E-state index in [2.05, 4.69) is 5.32 Å². The molecule has 9 nitrogen and oxygen atoms in total. The molecule has 1 aromatic heterocycles. The fourth-order valence-electron chi connectivity index (χ4n) is 3.27. The Morgan fingerprint density at radius 2 is 1.81 bits per heavy atom. The molecule has 2 amide bonds. The lowest BCUT2D eigenvalue weighted by Gasteiger charge is -2.29. The highest BCUT2D eigenvalue weighted by atomic mass is 32.1. The molecule has 0 bridgehead atoms. The van der Waals surface area contributed by atoms with Crippen molar-refractivity contribution in [1.29, 1.82) is 0 Å². The number of methoxy groups -OCH3 is 1. The fraction of sp³-hybridized carbons (Fsp3) is 0.0455. The SMILES string of the molecule is COc1cccc(N2C(=O)/C(=C/c3cccn3-c3ccc([N+](=O)[O-])cc3)C(=O)NC2=S)c1. The molecule has 1 N–H and O–H groups in total. The number of amides is 2. The van der Waals surface area contributed by atoms with Crippen LogP contribution in [0, 0.1) is 10.1 Å². The third kappa shape index (κ3) is 3.86. The van der Waals surface area contributed by atoms with E-state index in [0.29, 0.717) is 22.8 Å². The summed E-state index contributed by atoms with van der Waals surface area (Å²) >= 11 is 5.22. The third-order valence-electron chi connectivity index (χ3n) is 4.82. The molecule has 1 fully saturated rings. The number of non-ortho nitro benzene ring substituents is 1. The van der Waals surface area contributed by atoms with E-state index in [4.69, 9.17) is 17.0 Å². The second kappa shape index (κ2) is 8.44. The Morgan fingerprint density at radius 1 is 1.06 bits per heavy atom. The Labute approximate surface area is 187 Å². The zero-order valence-electron chi connectivity index (χ0n) is 16.7. The van der Waals surface area contributed by atoms with E-state index >= 15 is 0 Å². The van der Waals surface area contributed by atoms with Crippen molar-refractivity contribution in [2.24, 2.45) is 0 Å². The average Bonchev–Trinajstić information content (AvgIpc) is 3.25. The van der Waals surface area contributed by atoms with Gasteiger partial charge in [-0.05, 0) is 54.7 Å². The van der Waals surface area contributed by atoms with Gasteiger partial charge in [0.25, 0.3) is 17.5 Å². The smallest absolute Gasteiger partial charge is 0.270 e. The van der Waals surface area contributed by atoms with Crippen LogP contribution < -0.4 is 15.0 Å². The number of anilines is 1. The number of ether oxygens (including phenoxy) is 1. The van der Waals surface area contributed by atoms with Crippen LogP contribution in [0.4, 0.5) is 11.4 Å². The molecule has 32 heavy (non-hydrogen) atoms. The third-order valence-corrected chi connectivity index (χ3v) is 5.11. The summed E-state index contributed by atoms with van der Waals surface area (Å²) in [6.45, 7) is 0. The second-order valence-corrected chi connectivity index (χ2v) is 7.12. The van der Waals surface area contributed by atoms with Crippen LogP contribution in [-0.4, -0.2) is 33.5 Å². The summed E-state index contributed by atoms with van der Waals surface area (Å²) in [5.41, 5.74) is 1.48. The van der Waals surface area contributed by atoms with Gasteiger partial charge in [-0.15, -0.1) is 0 Å². The highest BCUT2D eigenvalue weighted by Crippen LogP contribution is 2.26. The largest absolute Gasteiger partial charge is 0.497 e. The lowest BCUT2D eigenvalue weighted by Crippen LogP contribution is -2.54. The topological polar surface area (TPSA) is 107 Å². The van der Waals surface area contributed by atoms with Crippen LogP contribution in [0.15, 0.2) is 72.4 Å². The first-order valence-corrected chi connectivity index (χ1v) is 9.77. The number of nitrogens with zero attached hydrogens (tertiary/aromatic N) is 3. The molecule has 2 heterocycles. The van der Waals surface area contributed by atoms with Crippen molar-refractivity contribution in [2.75, 3.05) is 12.0 Å². The summed E-state index contributed by atoms with van der Waals surface area (Å²) in [5, 5.41) is 13.4. The van der Waals surface area contributed by atoms with Crippen molar-refractivity contribution < 1.29 is 19.2 Å². The van der Waals surface area contributed by atoms with Gasteiger partial charge >= 0.3 is 0 Å². The van der Waals surface area contributed by atoms with E-state index in [1.807, 2.05) is 0 Å². The normalized spacial score (nSPS) is 15.1. The molecule has 1 saturated heterocycles. The van der Waals surface area contributed by atoms with E-state index < -0.39 is 16.7 Å². The molecule has 0 spiro atoms. The van der Waals surface area contributed by atoms with Gasteiger partial charge < -0.3 is 9.30 Å². The first kappa shape index (κ1) is 20.9. The van der Waals surface area contributed by atoms with E-state index in [9.17, 15) is 19.7 Å². The van der Waals surface area contributed by atoms with Gasteiger partial charge in [0.15, 0.2) is 5.11 Å². The van der Waals surface area contributed by atoms with Crippen LogP contribution in [-0.2, 0) is 9.59 Å². The molecule has 0 aliphatic carbocycles. The molecule has 1 aliphatic heterocycles. The highest BCUT2D eigenvalue weighted by molar-refractivity contribution is 7.80. The van der Waals surface area contributed by atoms with Crippen LogP contribution in [0.2, 0.25) is 0 Å². The molecule has 10 heteroatoms. The van der Waals surface area contributed by atoms with Gasteiger partial charge in [-0.3, -0.25) is 29.9 Å². The molecule has 1 aliphatic rings. The number of rotatable bonds is 5. The number of nitrogens with one attached hydrogen (secondary N) is 1. The molecule has 0 saturated carbocycles. The van der Waals surface area contributed by atoms with Gasteiger partial charge in [-0.2, -0.15) is 0 Å². The number of benzene rings is 2. The Kier molecular flexibility index (Phi) is 5.52. The van der Waals surface area contributed by atoms with E-state index in [-0.39, 0.29) is 16.4 Å². The van der Waals surface area contributed by atoms with Gasteiger partial charge in [0.05, 0.1) is 17.7 Å². The quantitative estimate of drug-likeness (QED) is 0.211. The summed E-state index contributed by atoms with van der Waals surface area (Å²) in [6, 6.07) is 16.2. The van der Waals surface area contributed by atoms with Gasteiger partial charge in [-0.1, -0.05) is 6.07 Å². The first-order valence-electron chi connectivity index (χ1n) is 9.37. The number of carbonyl (C=O) groups is 2. The van der Waals surface area contributed by atoms with Crippen molar-refractivity contribution >= 4 is 46.6 Å². The van der Waals surface area contributed by atoms with Gasteiger partial charge in [-0.25, -0.2) is 0 Å². The van der Waals surface area contributed by atoms with Crippen LogP contribution in [0.1, 0.15) is 5.69 Å². The minimum atomic E-state index is -0.615. The monoisotopic (exact) mass is 448 g/mol. The van der Waals surface area contributed by atoms with Crippen molar-refractivity contribution in [2.45, 2.75) is 0 Å².